The second kappa shape index (κ2) is 6.29. The molecule has 27 heavy (non-hydrogen) atoms. The molecule has 0 aliphatic carbocycles. The predicted molar refractivity (Wildman–Crippen MR) is 106 cm³/mol. The molecule has 0 saturated carbocycles. The Balaban J connectivity index is 1.70. The Morgan fingerprint density at radius 1 is 1.04 bits per heavy atom. The van der Waals surface area contributed by atoms with Gasteiger partial charge in [0.25, 0.3) is 0 Å². The number of hydrogen-bond donors (Lipinski definition) is 0. The van der Waals surface area contributed by atoms with Gasteiger partial charge in [0.05, 0.1) is 17.6 Å². The van der Waals surface area contributed by atoms with E-state index in [2.05, 4.69) is 15.2 Å². The fourth-order valence-corrected chi connectivity index (χ4v) is 4.06. The van der Waals surface area contributed by atoms with Crippen molar-refractivity contribution in [3.63, 3.8) is 0 Å². The zero-order valence-corrected chi connectivity index (χ0v) is 15.7. The summed E-state index contributed by atoms with van der Waals surface area (Å²) in [5.41, 5.74) is 2.66. The Morgan fingerprint density at radius 3 is 2.81 bits per heavy atom. The van der Waals surface area contributed by atoms with E-state index >= 15 is 0 Å². The zero-order valence-electron chi connectivity index (χ0n) is 14.1. The molecule has 5 aromatic rings. The maximum atomic E-state index is 6.38. The lowest BCUT2D eigenvalue weighted by molar-refractivity contribution is 0.415. The largest absolute Gasteiger partial charge is 0.497 e. The Kier molecular flexibility index (Phi) is 3.77. The van der Waals surface area contributed by atoms with Crippen LogP contribution in [0.1, 0.15) is 0 Å². The second-order valence-electron chi connectivity index (χ2n) is 5.85. The van der Waals surface area contributed by atoms with Crippen LogP contribution in [0.25, 0.3) is 37.8 Å². The fraction of sp³-hybridized carbons (Fsp3) is 0.0526. The van der Waals surface area contributed by atoms with Crippen molar-refractivity contribution < 1.29 is 4.74 Å². The summed E-state index contributed by atoms with van der Waals surface area (Å²) >= 11 is 7.85. The first-order chi connectivity index (χ1) is 13.2. The number of nitrogens with zero attached hydrogens (tertiary/aromatic N) is 5. The molecule has 3 heterocycles. The molecule has 2 aromatic carbocycles. The lowest BCUT2D eigenvalue weighted by Crippen LogP contribution is -1.93. The summed E-state index contributed by atoms with van der Waals surface area (Å²) in [6.07, 6.45) is 1.79. The highest BCUT2D eigenvalue weighted by atomic mass is 35.5. The fourth-order valence-electron chi connectivity index (χ4n) is 2.98. The third-order valence-electron chi connectivity index (χ3n) is 4.28. The summed E-state index contributed by atoms with van der Waals surface area (Å²) in [6, 6.07) is 15.4. The van der Waals surface area contributed by atoms with Crippen molar-refractivity contribution in [1.29, 1.82) is 0 Å². The van der Waals surface area contributed by atoms with Gasteiger partial charge in [-0.05, 0) is 30.3 Å². The molecule has 0 aliphatic heterocycles. The topological polar surface area (TPSA) is 65.2 Å². The van der Waals surface area contributed by atoms with E-state index in [0.29, 0.717) is 21.6 Å². The minimum absolute atomic E-state index is 0.564. The molecule has 0 bridgehead atoms. The zero-order chi connectivity index (χ0) is 18.4. The van der Waals surface area contributed by atoms with Gasteiger partial charge in [-0.15, -0.1) is 10.2 Å². The minimum atomic E-state index is 0.564. The average Bonchev–Trinajstić information content (AvgIpc) is 3.29. The maximum Gasteiger partial charge on any atom is 0.235 e. The molecule has 5 rings (SSSR count). The average molecular weight is 394 g/mol. The molecule has 0 unspecified atom stereocenters. The van der Waals surface area contributed by atoms with Crippen LogP contribution in [0.4, 0.5) is 0 Å². The first-order valence-electron chi connectivity index (χ1n) is 8.15. The summed E-state index contributed by atoms with van der Waals surface area (Å²) in [4.78, 5) is 5.11. The van der Waals surface area contributed by atoms with Crippen molar-refractivity contribution in [2.24, 2.45) is 0 Å². The molecule has 0 amide bonds. The standard InChI is InChI=1S/C19H12ClN5OS/c1-26-11-6-7-15(20)14(10-11)17-22-23-19-25(17)24-18(27-19)13-8-9-21-16-5-3-2-4-12(13)16/h2-10H,1H3. The Bertz CT molecular complexity index is 1290. The third-order valence-corrected chi connectivity index (χ3v) is 5.55. The first kappa shape index (κ1) is 16.2. The minimum Gasteiger partial charge on any atom is -0.497 e. The summed E-state index contributed by atoms with van der Waals surface area (Å²) in [5.74, 6) is 1.27. The van der Waals surface area contributed by atoms with Gasteiger partial charge in [-0.3, -0.25) is 4.98 Å². The van der Waals surface area contributed by atoms with Crippen molar-refractivity contribution >= 4 is 38.8 Å². The summed E-state index contributed by atoms with van der Waals surface area (Å²) in [7, 11) is 1.61. The lowest BCUT2D eigenvalue weighted by atomic mass is 10.1. The molecule has 132 valence electrons. The van der Waals surface area contributed by atoms with Crippen molar-refractivity contribution in [2.45, 2.75) is 0 Å². The van der Waals surface area contributed by atoms with Crippen LogP contribution in [0.2, 0.25) is 5.02 Å². The third kappa shape index (κ3) is 2.63. The number of aromatic nitrogens is 5. The summed E-state index contributed by atoms with van der Waals surface area (Å²) in [6.45, 7) is 0. The molecule has 0 atom stereocenters. The SMILES string of the molecule is COc1ccc(Cl)c(-c2nnc3sc(-c4ccnc5ccccc45)nn23)c1. The van der Waals surface area contributed by atoms with Gasteiger partial charge >= 0.3 is 0 Å². The highest BCUT2D eigenvalue weighted by Gasteiger charge is 2.18. The number of para-hydroxylation sites is 1. The van der Waals surface area contributed by atoms with Crippen LogP contribution in [-0.4, -0.2) is 31.9 Å². The maximum absolute atomic E-state index is 6.38. The van der Waals surface area contributed by atoms with Crippen LogP contribution in [0, 0.1) is 0 Å². The van der Waals surface area contributed by atoms with Crippen LogP contribution in [0.3, 0.4) is 0 Å². The number of halogens is 1. The van der Waals surface area contributed by atoms with Gasteiger partial charge in [-0.1, -0.05) is 41.1 Å². The van der Waals surface area contributed by atoms with Gasteiger partial charge in [0, 0.05) is 22.7 Å². The number of methoxy groups -OCH3 is 1. The molecule has 8 heteroatoms. The number of rotatable bonds is 3. The van der Waals surface area contributed by atoms with Crippen LogP contribution in [0.5, 0.6) is 5.75 Å². The van der Waals surface area contributed by atoms with E-state index < -0.39 is 0 Å². The smallest absolute Gasteiger partial charge is 0.235 e. The number of hydrogen-bond acceptors (Lipinski definition) is 6. The normalized spacial score (nSPS) is 11.3. The molecule has 6 nitrogen and oxygen atoms in total. The van der Waals surface area contributed by atoms with Gasteiger partial charge in [-0.25, -0.2) is 0 Å². The van der Waals surface area contributed by atoms with Crippen LogP contribution < -0.4 is 4.74 Å². The van der Waals surface area contributed by atoms with Crippen LogP contribution >= 0.6 is 22.9 Å². The molecule has 0 aliphatic rings. The number of pyridine rings is 1. The Morgan fingerprint density at radius 2 is 1.93 bits per heavy atom. The molecule has 0 N–H and O–H groups in total. The van der Waals surface area contributed by atoms with Gasteiger partial charge < -0.3 is 4.74 Å². The molecular weight excluding hydrogens is 382 g/mol. The molecule has 0 saturated heterocycles. The van der Waals surface area contributed by atoms with Gasteiger partial charge in [-0.2, -0.15) is 9.61 Å². The van der Waals surface area contributed by atoms with E-state index in [1.807, 2.05) is 36.4 Å². The van der Waals surface area contributed by atoms with Gasteiger partial charge in [0.15, 0.2) is 5.82 Å². The predicted octanol–water partition coefficient (Wildman–Crippen LogP) is 4.73. The molecule has 0 spiro atoms. The highest BCUT2D eigenvalue weighted by molar-refractivity contribution is 7.20. The van der Waals surface area contributed by atoms with E-state index in [0.717, 1.165) is 27.0 Å². The number of fused-ring (bicyclic) bond motifs is 2. The molecule has 0 fully saturated rings. The highest BCUT2D eigenvalue weighted by Crippen LogP contribution is 2.34. The second-order valence-corrected chi connectivity index (χ2v) is 7.21. The van der Waals surface area contributed by atoms with Gasteiger partial charge in [0.1, 0.15) is 10.8 Å². The Labute approximate surface area is 163 Å². The molecule has 0 radical (unpaired) electrons. The van der Waals surface area contributed by atoms with Gasteiger partial charge in [0.2, 0.25) is 4.96 Å². The van der Waals surface area contributed by atoms with Crippen molar-refractivity contribution in [3.05, 3.63) is 59.8 Å². The quantitative estimate of drug-likeness (QED) is 0.443. The molecule has 3 aromatic heterocycles. The van der Waals surface area contributed by atoms with Crippen molar-refractivity contribution in [1.82, 2.24) is 24.8 Å². The van der Waals surface area contributed by atoms with E-state index in [1.165, 1.54) is 11.3 Å². The first-order valence-corrected chi connectivity index (χ1v) is 9.34. The number of benzene rings is 2. The number of ether oxygens (including phenoxy) is 1. The monoisotopic (exact) mass is 393 g/mol. The van der Waals surface area contributed by atoms with E-state index in [4.69, 9.17) is 21.4 Å². The lowest BCUT2D eigenvalue weighted by Gasteiger charge is -2.04. The van der Waals surface area contributed by atoms with E-state index in [1.54, 1.807) is 30.0 Å². The van der Waals surface area contributed by atoms with Crippen molar-refractivity contribution in [2.75, 3.05) is 7.11 Å². The summed E-state index contributed by atoms with van der Waals surface area (Å²) in [5, 5.41) is 15.7. The van der Waals surface area contributed by atoms with E-state index in [-0.39, 0.29) is 0 Å². The van der Waals surface area contributed by atoms with Crippen LogP contribution in [0.15, 0.2) is 54.7 Å². The van der Waals surface area contributed by atoms with Crippen molar-refractivity contribution in [3.8, 4) is 27.7 Å². The molecular formula is C19H12ClN5OS. The van der Waals surface area contributed by atoms with E-state index in [9.17, 15) is 0 Å². The van der Waals surface area contributed by atoms with Crippen LogP contribution in [-0.2, 0) is 0 Å². The summed E-state index contributed by atoms with van der Waals surface area (Å²) < 4.78 is 7.02. The Hall–Kier alpha value is -3.03.